The van der Waals surface area contributed by atoms with Crippen LogP contribution >= 0.6 is 0 Å². The molecule has 3 heteroatoms. The van der Waals surface area contributed by atoms with Crippen molar-refractivity contribution in [1.82, 2.24) is 10.3 Å². The number of hydrogen-bond acceptors (Lipinski definition) is 3. The second-order valence-corrected chi connectivity index (χ2v) is 5.18. The van der Waals surface area contributed by atoms with Gasteiger partial charge in [-0.15, -0.1) is 0 Å². The van der Waals surface area contributed by atoms with Gasteiger partial charge in [0.2, 0.25) is 5.88 Å². The number of aryl methyl sites for hydroxylation is 1. The van der Waals surface area contributed by atoms with Crippen LogP contribution in [0.1, 0.15) is 37.9 Å². The lowest BCUT2D eigenvalue weighted by atomic mass is 10.2. The van der Waals surface area contributed by atoms with Crippen molar-refractivity contribution in [3.63, 3.8) is 0 Å². The molecule has 1 heterocycles. The summed E-state index contributed by atoms with van der Waals surface area (Å²) in [6.45, 7) is 8.04. The lowest BCUT2D eigenvalue weighted by molar-refractivity contribution is 0.288. The van der Waals surface area contributed by atoms with E-state index in [0.29, 0.717) is 6.04 Å². The van der Waals surface area contributed by atoms with E-state index in [-0.39, 0.29) is 0 Å². The van der Waals surface area contributed by atoms with Crippen molar-refractivity contribution >= 4 is 0 Å². The van der Waals surface area contributed by atoms with Crippen molar-refractivity contribution in [2.75, 3.05) is 6.61 Å². The lowest BCUT2D eigenvalue weighted by Gasteiger charge is -2.11. The molecule has 1 N–H and O–H groups in total. The zero-order valence-electron chi connectivity index (χ0n) is 11.0. The zero-order valence-corrected chi connectivity index (χ0v) is 11.0. The molecule has 1 aliphatic rings. The Balaban J connectivity index is 1.90. The van der Waals surface area contributed by atoms with E-state index in [4.69, 9.17) is 4.74 Å². The second-order valence-electron chi connectivity index (χ2n) is 5.18. The Morgan fingerprint density at radius 2 is 2.18 bits per heavy atom. The quantitative estimate of drug-likeness (QED) is 0.821. The van der Waals surface area contributed by atoms with Crippen molar-refractivity contribution in [2.24, 2.45) is 5.92 Å². The highest BCUT2D eigenvalue weighted by atomic mass is 16.5. The summed E-state index contributed by atoms with van der Waals surface area (Å²) >= 11 is 0. The molecule has 1 aliphatic carbocycles. The van der Waals surface area contributed by atoms with Crippen LogP contribution in [-0.2, 0) is 6.54 Å². The fourth-order valence-electron chi connectivity index (χ4n) is 1.64. The second kappa shape index (κ2) is 5.50. The minimum atomic E-state index is 0.500. The van der Waals surface area contributed by atoms with Gasteiger partial charge < -0.3 is 10.1 Å². The third-order valence-electron chi connectivity index (χ3n) is 3.03. The first kappa shape index (κ1) is 12.4. The molecule has 0 aromatic carbocycles. The average molecular weight is 234 g/mol. The summed E-state index contributed by atoms with van der Waals surface area (Å²) in [4.78, 5) is 4.49. The van der Waals surface area contributed by atoms with Crippen molar-refractivity contribution < 1.29 is 4.74 Å². The van der Waals surface area contributed by atoms with Crippen molar-refractivity contribution in [3.05, 3.63) is 23.4 Å². The summed E-state index contributed by atoms with van der Waals surface area (Å²) < 4.78 is 5.66. The van der Waals surface area contributed by atoms with Gasteiger partial charge in [0.15, 0.2) is 0 Å². The van der Waals surface area contributed by atoms with Gasteiger partial charge in [-0.2, -0.15) is 0 Å². The van der Waals surface area contributed by atoms with Crippen molar-refractivity contribution in [2.45, 2.75) is 46.2 Å². The SMILES string of the molecule is Cc1nc(OCC2CC2)ccc1CNC(C)C. The topological polar surface area (TPSA) is 34.1 Å². The van der Waals surface area contributed by atoms with E-state index < -0.39 is 0 Å². The number of pyridine rings is 1. The van der Waals surface area contributed by atoms with Crippen LogP contribution in [0.2, 0.25) is 0 Å². The highest BCUT2D eigenvalue weighted by Gasteiger charge is 2.22. The number of nitrogens with zero attached hydrogens (tertiary/aromatic N) is 1. The van der Waals surface area contributed by atoms with E-state index in [0.717, 1.165) is 30.6 Å². The summed E-state index contributed by atoms with van der Waals surface area (Å²) in [5.41, 5.74) is 2.31. The van der Waals surface area contributed by atoms with Crippen LogP contribution in [-0.4, -0.2) is 17.6 Å². The van der Waals surface area contributed by atoms with E-state index in [9.17, 15) is 0 Å². The predicted molar refractivity (Wildman–Crippen MR) is 69.2 cm³/mol. The van der Waals surface area contributed by atoms with Crippen molar-refractivity contribution in [1.29, 1.82) is 0 Å². The summed E-state index contributed by atoms with van der Waals surface area (Å²) in [6.07, 6.45) is 2.63. The van der Waals surface area contributed by atoms with Crippen molar-refractivity contribution in [3.8, 4) is 5.88 Å². The summed E-state index contributed by atoms with van der Waals surface area (Å²) in [6, 6.07) is 4.59. The molecule has 3 nitrogen and oxygen atoms in total. The molecule has 1 fully saturated rings. The molecule has 1 aromatic rings. The van der Waals surface area contributed by atoms with Crippen LogP contribution in [0, 0.1) is 12.8 Å². The molecular weight excluding hydrogens is 212 g/mol. The largest absolute Gasteiger partial charge is 0.477 e. The van der Waals surface area contributed by atoms with Crippen LogP contribution in [0.3, 0.4) is 0 Å². The van der Waals surface area contributed by atoms with Gasteiger partial charge in [-0.3, -0.25) is 0 Å². The Morgan fingerprint density at radius 3 is 2.76 bits per heavy atom. The van der Waals surface area contributed by atoms with Crippen LogP contribution in [0.4, 0.5) is 0 Å². The van der Waals surface area contributed by atoms with Gasteiger partial charge in [-0.05, 0) is 31.2 Å². The molecule has 0 aliphatic heterocycles. The Morgan fingerprint density at radius 1 is 1.41 bits per heavy atom. The number of hydrogen-bond donors (Lipinski definition) is 1. The number of ether oxygens (including phenoxy) is 1. The molecular formula is C14H22N2O. The molecule has 94 valence electrons. The summed E-state index contributed by atoms with van der Waals surface area (Å²) in [5, 5.41) is 3.40. The normalized spacial score (nSPS) is 15.3. The smallest absolute Gasteiger partial charge is 0.213 e. The fraction of sp³-hybridized carbons (Fsp3) is 0.643. The summed E-state index contributed by atoms with van der Waals surface area (Å²) in [7, 11) is 0. The first-order valence-corrected chi connectivity index (χ1v) is 6.48. The Bertz CT molecular complexity index is 372. The third-order valence-corrected chi connectivity index (χ3v) is 3.03. The Kier molecular flexibility index (Phi) is 4.00. The molecule has 0 unspecified atom stereocenters. The van der Waals surface area contributed by atoms with E-state index in [1.807, 2.05) is 13.0 Å². The molecule has 1 saturated carbocycles. The highest BCUT2D eigenvalue weighted by molar-refractivity contribution is 5.24. The average Bonchev–Trinajstić information content (AvgIpc) is 3.08. The monoisotopic (exact) mass is 234 g/mol. The van der Waals surface area contributed by atoms with E-state index in [2.05, 4.69) is 30.2 Å². The number of rotatable bonds is 6. The predicted octanol–water partition coefficient (Wildman–Crippen LogP) is 2.68. The van der Waals surface area contributed by atoms with Gasteiger partial charge in [0, 0.05) is 24.3 Å². The third kappa shape index (κ3) is 4.00. The van der Waals surface area contributed by atoms with E-state index in [1.54, 1.807) is 0 Å². The molecule has 2 rings (SSSR count). The molecule has 0 saturated heterocycles. The maximum absolute atomic E-state index is 5.66. The van der Waals surface area contributed by atoms with Crippen LogP contribution < -0.4 is 10.1 Å². The lowest BCUT2D eigenvalue weighted by Crippen LogP contribution is -2.22. The minimum absolute atomic E-state index is 0.500. The highest BCUT2D eigenvalue weighted by Crippen LogP contribution is 2.29. The van der Waals surface area contributed by atoms with Gasteiger partial charge in [0.25, 0.3) is 0 Å². The van der Waals surface area contributed by atoms with Crippen LogP contribution in [0.5, 0.6) is 5.88 Å². The van der Waals surface area contributed by atoms with E-state index in [1.165, 1.54) is 18.4 Å². The number of nitrogens with one attached hydrogen (secondary N) is 1. The Hall–Kier alpha value is -1.09. The van der Waals surface area contributed by atoms with Gasteiger partial charge in [-0.25, -0.2) is 4.98 Å². The molecule has 0 amide bonds. The minimum Gasteiger partial charge on any atom is -0.477 e. The molecule has 1 aromatic heterocycles. The summed E-state index contributed by atoms with van der Waals surface area (Å²) in [5.74, 6) is 1.54. The first-order valence-electron chi connectivity index (χ1n) is 6.48. The standard InChI is InChI=1S/C14H22N2O/c1-10(2)15-8-13-6-7-14(16-11(13)3)17-9-12-4-5-12/h6-7,10,12,15H,4-5,8-9H2,1-3H3. The van der Waals surface area contributed by atoms with Gasteiger partial charge >= 0.3 is 0 Å². The molecule has 17 heavy (non-hydrogen) atoms. The van der Waals surface area contributed by atoms with Gasteiger partial charge in [0.05, 0.1) is 6.61 Å². The van der Waals surface area contributed by atoms with E-state index >= 15 is 0 Å². The van der Waals surface area contributed by atoms with Gasteiger partial charge in [0.1, 0.15) is 0 Å². The fourth-order valence-corrected chi connectivity index (χ4v) is 1.64. The van der Waals surface area contributed by atoms with Crippen LogP contribution in [0.25, 0.3) is 0 Å². The zero-order chi connectivity index (χ0) is 12.3. The molecule has 0 atom stereocenters. The Labute approximate surface area is 104 Å². The maximum Gasteiger partial charge on any atom is 0.213 e. The van der Waals surface area contributed by atoms with Crippen LogP contribution in [0.15, 0.2) is 12.1 Å². The molecule has 0 radical (unpaired) electrons. The maximum atomic E-state index is 5.66. The van der Waals surface area contributed by atoms with Gasteiger partial charge in [-0.1, -0.05) is 19.9 Å². The first-order chi connectivity index (χ1) is 8.15. The molecule has 0 spiro atoms. The molecule has 0 bridgehead atoms. The number of aromatic nitrogens is 1.